The zero-order chi connectivity index (χ0) is 13.3. The standard InChI is InChI=1S/C11H13ClFN3O2/c1-2-15(7-5-14-6-7)10-4-9(13)8(12)3-11(10)16(17)18/h3-4,7,14H,2,5-6H2,1H3. The van der Waals surface area contributed by atoms with Crippen molar-refractivity contribution in [2.75, 3.05) is 24.5 Å². The molecule has 0 atom stereocenters. The molecule has 18 heavy (non-hydrogen) atoms. The number of nitrogens with zero attached hydrogens (tertiary/aromatic N) is 2. The summed E-state index contributed by atoms with van der Waals surface area (Å²) in [5.74, 6) is -0.636. The maximum Gasteiger partial charge on any atom is 0.294 e. The van der Waals surface area contributed by atoms with Gasteiger partial charge in [0.05, 0.1) is 16.0 Å². The summed E-state index contributed by atoms with van der Waals surface area (Å²) in [4.78, 5) is 12.3. The van der Waals surface area contributed by atoms with Crippen LogP contribution < -0.4 is 10.2 Å². The lowest BCUT2D eigenvalue weighted by molar-refractivity contribution is -0.384. The fourth-order valence-electron chi connectivity index (χ4n) is 2.02. The van der Waals surface area contributed by atoms with Gasteiger partial charge in [0.25, 0.3) is 5.69 Å². The summed E-state index contributed by atoms with van der Waals surface area (Å²) in [6.07, 6.45) is 0. The molecule has 98 valence electrons. The Hall–Kier alpha value is -1.40. The molecule has 0 unspecified atom stereocenters. The first-order valence-corrected chi connectivity index (χ1v) is 6.03. The van der Waals surface area contributed by atoms with Crippen LogP contribution >= 0.6 is 11.6 Å². The highest BCUT2D eigenvalue weighted by molar-refractivity contribution is 6.31. The number of nitro benzene ring substituents is 1. The molecule has 1 saturated heterocycles. The average Bonchev–Trinajstić information content (AvgIpc) is 2.26. The number of rotatable bonds is 4. The van der Waals surface area contributed by atoms with Crippen molar-refractivity contribution in [2.24, 2.45) is 0 Å². The summed E-state index contributed by atoms with van der Waals surface area (Å²) in [6.45, 7) is 3.95. The lowest BCUT2D eigenvalue weighted by atomic mass is 10.1. The molecule has 1 N–H and O–H groups in total. The van der Waals surface area contributed by atoms with Crippen molar-refractivity contribution < 1.29 is 9.31 Å². The van der Waals surface area contributed by atoms with Crippen LogP contribution in [0.15, 0.2) is 12.1 Å². The first kappa shape index (κ1) is 13.0. The van der Waals surface area contributed by atoms with Crippen LogP contribution in [0, 0.1) is 15.9 Å². The zero-order valence-corrected chi connectivity index (χ0v) is 10.6. The number of nitro groups is 1. The Morgan fingerprint density at radius 2 is 2.28 bits per heavy atom. The predicted molar refractivity (Wildman–Crippen MR) is 67.7 cm³/mol. The minimum absolute atomic E-state index is 0.157. The lowest BCUT2D eigenvalue weighted by Crippen LogP contribution is -2.57. The predicted octanol–water partition coefficient (Wildman–Crippen LogP) is 2.19. The van der Waals surface area contributed by atoms with Crippen LogP contribution in [0.3, 0.4) is 0 Å². The molecule has 1 heterocycles. The van der Waals surface area contributed by atoms with Crippen molar-refractivity contribution in [1.82, 2.24) is 5.32 Å². The molecular formula is C11H13ClFN3O2. The Morgan fingerprint density at radius 3 is 2.72 bits per heavy atom. The van der Waals surface area contributed by atoms with E-state index in [1.54, 1.807) is 0 Å². The molecule has 0 radical (unpaired) electrons. The Kier molecular flexibility index (Phi) is 3.68. The SMILES string of the molecule is CCN(c1cc(F)c(Cl)cc1[N+](=O)[O-])C1CNC1. The molecule has 0 bridgehead atoms. The second-order valence-electron chi connectivity index (χ2n) is 4.11. The highest BCUT2D eigenvalue weighted by Crippen LogP contribution is 2.34. The van der Waals surface area contributed by atoms with E-state index in [2.05, 4.69) is 5.32 Å². The maximum absolute atomic E-state index is 13.5. The van der Waals surface area contributed by atoms with Gasteiger partial charge in [-0.3, -0.25) is 10.1 Å². The van der Waals surface area contributed by atoms with E-state index in [0.29, 0.717) is 6.54 Å². The van der Waals surface area contributed by atoms with E-state index in [1.807, 2.05) is 11.8 Å². The average molecular weight is 274 g/mol. The Bertz CT molecular complexity index is 480. The number of benzene rings is 1. The third-order valence-electron chi connectivity index (χ3n) is 3.06. The van der Waals surface area contributed by atoms with Crippen LogP contribution in [-0.2, 0) is 0 Å². The number of halogens is 2. The van der Waals surface area contributed by atoms with E-state index in [1.165, 1.54) is 0 Å². The Balaban J connectivity index is 2.46. The minimum atomic E-state index is -0.636. The summed E-state index contributed by atoms with van der Waals surface area (Å²) in [5.41, 5.74) is 0.131. The van der Waals surface area contributed by atoms with E-state index in [-0.39, 0.29) is 22.4 Å². The molecule has 1 aromatic rings. The summed E-state index contributed by atoms with van der Waals surface area (Å²) in [5, 5.41) is 13.9. The van der Waals surface area contributed by atoms with Crippen LogP contribution in [-0.4, -0.2) is 30.6 Å². The molecule has 1 aliphatic heterocycles. The van der Waals surface area contributed by atoms with Gasteiger partial charge in [0.15, 0.2) is 0 Å². The minimum Gasteiger partial charge on any atom is -0.361 e. The highest BCUT2D eigenvalue weighted by atomic mass is 35.5. The molecule has 0 aromatic heterocycles. The van der Waals surface area contributed by atoms with Gasteiger partial charge in [-0.2, -0.15) is 0 Å². The van der Waals surface area contributed by atoms with E-state index in [9.17, 15) is 14.5 Å². The van der Waals surface area contributed by atoms with Gasteiger partial charge in [-0.25, -0.2) is 4.39 Å². The van der Waals surface area contributed by atoms with Crippen LogP contribution in [0.2, 0.25) is 5.02 Å². The first-order chi connectivity index (χ1) is 8.54. The van der Waals surface area contributed by atoms with Crippen molar-refractivity contribution in [3.05, 3.63) is 33.1 Å². The van der Waals surface area contributed by atoms with E-state index >= 15 is 0 Å². The van der Waals surface area contributed by atoms with Gasteiger partial charge >= 0.3 is 0 Å². The summed E-state index contributed by atoms with van der Waals surface area (Å²) in [7, 11) is 0. The monoisotopic (exact) mass is 273 g/mol. The third-order valence-corrected chi connectivity index (χ3v) is 3.35. The van der Waals surface area contributed by atoms with Gasteiger partial charge in [0.2, 0.25) is 0 Å². The smallest absolute Gasteiger partial charge is 0.294 e. The molecule has 0 aliphatic carbocycles. The maximum atomic E-state index is 13.5. The number of nitrogens with one attached hydrogen (secondary N) is 1. The summed E-state index contributed by atoms with van der Waals surface area (Å²) >= 11 is 5.59. The molecule has 2 rings (SSSR count). The largest absolute Gasteiger partial charge is 0.361 e. The van der Waals surface area contributed by atoms with E-state index in [0.717, 1.165) is 25.2 Å². The Labute approximate surface area is 109 Å². The molecule has 0 saturated carbocycles. The molecule has 1 aromatic carbocycles. The van der Waals surface area contributed by atoms with Crippen molar-refractivity contribution in [2.45, 2.75) is 13.0 Å². The van der Waals surface area contributed by atoms with Crippen molar-refractivity contribution >= 4 is 23.0 Å². The highest BCUT2D eigenvalue weighted by Gasteiger charge is 2.29. The summed E-state index contributed by atoms with van der Waals surface area (Å²) < 4.78 is 13.5. The van der Waals surface area contributed by atoms with E-state index < -0.39 is 10.7 Å². The fraction of sp³-hybridized carbons (Fsp3) is 0.455. The van der Waals surface area contributed by atoms with E-state index in [4.69, 9.17) is 11.6 Å². The topological polar surface area (TPSA) is 58.4 Å². The van der Waals surface area contributed by atoms with Gasteiger partial charge in [-0.15, -0.1) is 0 Å². The molecule has 0 spiro atoms. The number of likely N-dealkylation sites (N-methyl/N-ethyl adjacent to an activating group) is 1. The normalized spacial score (nSPS) is 15.3. The second-order valence-corrected chi connectivity index (χ2v) is 4.52. The fourth-order valence-corrected chi connectivity index (χ4v) is 2.18. The van der Waals surface area contributed by atoms with Gasteiger partial charge in [-0.1, -0.05) is 11.6 Å². The molecule has 0 amide bonds. The second kappa shape index (κ2) is 5.07. The van der Waals surface area contributed by atoms with Crippen molar-refractivity contribution in [3.63, 3.8) is 0 Å². The van der Waals surface area contributed by atoms with Crippen LogP contribution in [0.5, 0.6) is 0 Å². The zero-order valence-electron chi connectivity index (χ0n) is 9.82. The molecule has 1 aliphatic rings. The van der Waals surface area contributed by atoms with Gasteiger partial charge in [0, 0.05) is 31.8 Å². The quantitative estimate of drug-likeness (QED) is 0.675. The molecular weight excluding hydrogens is 261 g/mol. The Morgan fingerprint density at radius 1 is 1.61 bits per heavy atom. The molecule has 1 fully saturated rings. The van der Waals surface area contributed by atoms with Gasteiger partial charge in [0.1, 0.15) is 11.5 Å². The summed E-state index contributed by atoms with van der Waals surface area (Å²) in [6, 6.07) is 2.37. The van der Waals surface area contributed by atoms with Crippen LogP contribution in [0.25, 0.3) is 0 Å². The van der Waals surface area contributed by atoms with Crippen molar-refractivity contribution in [3.8, 4) is 0 Å². The van der Waals surface area contributed by atoms with Crippen molar-refractivity contribution in [1.29, 1.82) is 0 Å². The third kappa shape index (κ3) is 2.26. The van der Waals surface area contributed by atoms with Gasteiger partial charge < -0.3 is 10.2 Å². The molecule has 7 heteroatoms. The molecule has 5 nitrogen and oxygen atoms in total. The lowest BCUT2D eigenvalue weighted by Gasteiger charge is -2.38. The van der Waals surface area contributed by atoms with Gasteiger partial charge in [-0.05, 0) is 6.92 Å². The first-order valence-electron chi connectivity index (χ1n) is 5.65. The number of anilines is 1. The van der Waals surface area contributed by atoms with Crippen LogP contribution in [0.4, 0.5) is 15.8 Å². The van der Waals surface area contributed by atoms with Crippen LogP contribution in [0.1, 0.15) is 6.92 Å². The number of hydrogen-bond donors (Lipinski definition) is 1. The number of hydrogen-bond acceptors (Lipinski definition) is 4.